The Bertz CT molecular complexity index is 932. The van der Waals surface area contributed by atoms with Gasteiger partial charge in [0, 0.05) is 36.4 Å². The van der Waals surface area contributed by atoms with Crippen LogP contribution in [0.2, 0.25) is 0 Å². The number of hydrogen-bond donors (Lipinski definition) is 2. The first-order valence-corrected chi connectivity index (χ1v) is 12.0. The second-order valence-electron chi connectivity index (χ2n) is 7.77. The lowest BCUT2D eigenvalue weighted by atomic mass is 10.2. The lowest BCUT2D eigenvalue weighted by molar-refractivity contribution is 0.0939. The zero-order valence-electron chi connectivity index (χ0n) is 18.9. The van der Waals surface area contributed by atoms with E-state index in [0.29, 0.717) is 42.2 Å². The van der Waals surface area contributed by atoms with Crippen LogP contribution >= 0.6 is 0 Å². The second-order valence-corrected chi connectivity index (χ2v) is 9.45. The van der Waals surface area contributed by atoms with Crippen LogP contribution in [0.15, 0.2) is 53.4 Å². The molecule has 2 aromatic rings. The summed E-state index contributed by atoms with van der Waals surface area (Å²) in [6.45, 7) is 12.2. The molecule has 2 aromatic carbocycles. The zero-order valence-corrected chi connectivity index (χ0v) is 19.7. The Labute approximate surface area is 185 Å². The molecule has 0 fully saturated rings. The van der Waals surface area contributed by atoms with Crippen molar-refractivity contribution in [2.24, 2.45) is 0 Å². The van der Waals surface area contributed by atoms with Crippen molar-refractivity contribution in [2.75, 3.05) is 24.4 Å². The van der Waals surface area contributed by atoms with E-state index >= 15 is 0 Å². The van der Waals surface area contributed by atoms with Gasteiger partial charge >= 0.3 is 0 Å². The molecule has 0 unspecified atom stereocenters. The van der Waals surface area contributed by atoms with Gasteiger partial charge in [0.1, 0.15) is 5.75 Å². The Morgan fingerprint density at radius 2 is 1.55 bits per heavy atom. The number of sulfonamides is 1. The molecule has 7 nitrogen and oxygen atoms in total. The van der Waals surface area contributed by atoms with E-state index in [9.17, 15) is 13.2 Å². The molecule has 8 heteroatoms. The van der Waals surface area contributed by atoms with Crippen molar-refractivity contribution in [2.45, 2.75) is 51.6 Å². The van der Waals surface area contributed by atoms with E-state index in [2.05, 4.69) is 42.6 Å². The number of rotatable bonds is 11. The molecule has 0 bridgehead atoms. The normalized spacial score (nSPS) is 11.7. The van der Waals surface area contributed by atoms with Crippen molar-refractivity contribution >= 4 is 21.6 Å². The molecule has 0 atom stereocenters. The van der Waals surface area contributed by atoms with Gasteiger partial charge < -0.3 is 10.1 Å². The Hall–Kier alpha value is -2.58. The zero-order chi connectivity index (χ0) is 23.0. The van der Waals surface area contributed by atoms with Crippen LogP contribution in [0, 0.1) is 0 Å². The molecule has 0 spiro atoms. The maximum Gasteiger partial charge on any atom is 0.261 e. The molecule has 1 amide bonds. The monoisotopic (exact) mass is 447 g/mol. The number of anilines is 1. The van der Waals surface area contributed by atoms with E-state index in [1.54, 1.807) is 24.3 Å². The number of nitrogens with one attached hydrogen (secondary N) is 2. The summed E-state index contributed by atoms with van der Waals surface area (Å²) in [5, 5.41) is 2.90. The summed E-state index contributed by atoms with van der Waals surface area (Å²) in [7, 11) is -3.76. The first-order chi connectivity index (χ1) is 14.6. The number of ether oxygens (including phenoxy) is 1. The fraction of sp³-hybridized carbons (Fsp3) is 0.435. The van der Waals surface area contributed by atoms with E-state index < -0.39 is 10.0 Å². The number of hydrogen-bond acceptors (Lipinski definition) is 5. The third kappa shape index (κ3) is 7.25. The van der Waals surface area contributed by atoms with Gasteiger partial charge in [-0.2, -0.15) is 0 Å². The molecular weight excluding hydrogens is 414 g/mol. The van der Waals surface area contributed by atoms with Gasteiger partial charge in [0.05, 0.1) is 11.5 Å². The fourth-order valence-corrected chi connectivity index (χ4v) is 4.36. The smallest absolute Gasteiger partial charge is 0.261 e. The van der Waals surface area contributed by atoms with E-state index in [1.165, 1.54) is 24.3 Å². The van der Waals surface area contributed by atoms with Gasteiger partial charge in [0.25, 0.3) is 15.9 Å². The second kappa shape index (κ2) is 11.2. The third-order valence-corrected chi connectivity index (χ3v) is 6.22. The topological polar surface area (TPSA) is 87.7 Å². The first kappa shape index (κ1) is 24.7. The highest BCUT2D eigenvalue weighted by Crippen LogP contribution is 2.20. The molecule has 31 heavy (non-hydrogen) atoms. The van der Waals surface area contributed by atoms with E-state index in [4.69, 9.17) is 4.74 Å². The standard InChI is InChI=1S/C23H33N3O4S/c1-6-30-21-11-9-20(10-12-21)25-31(28,29)22-13-7-19(8-14-22)23(27)24-15-16-26(17(2)3)18(4)5/h7-14,17-18,25H,6,15-16H2,1-5H3,(H,24,27). The summed E-state index contributed by atoms with van der Waals surface area (Å²) in [6, 6.07) is 13.4. The average Bonchev–Trinajstić information content (AvgIpc) is 2.72. The van der Waals surface area contributed by atoms with Crippen molar-refractivity contribution in [3.63, 3.8) is 0 Å². The molecule has 2 N–H and O–H groups in total. The highest BCUT2D eigenvalue weighted by molar-refractivity contribution is 7.92. The SMILES string of the molecule is CCOc1ccc(NS(=O)(=O)c2ccc(C(=O)NCCN(C(C)C)C(C)C)cc2)cc1. The lowest BCUT2D eigenvalue weighted by Crippen LogP contribution is -2.42. The number of amides is 1. The molecule has 0 aliphatic rings. The summed E-state index contributed by atoms with van der Waals surface area (Å²) >= 11 is 0. The van der Waals surface area contributed by atoms with Crippen LogP contribution in [0.3, 0.4) is 0 Å². The van der Waals surface area contributed by atoms with Crippen LogP contribution in [0.5, 0.6) is 5.75 Å². The largest absolute Gasteiger partial charge is 0.494 e. The highest BCUT2D eigenvalue weighted by Gasteiger charge is 2.16. The maximum atomic E-state index is 12.6. The van der Waals surface area contributed by atoms with Crippen LogP contribution < -0.4 is 14.8 Å². The van der Waals surface area contributed by atoms with Gasteiger partial charge in [-0.25, -0.2) is 8.42 Å². The van der Waals surface area contributed by atoms with Crippen LogP contribution in [0.4, 0.5) is 5.69 Å². The molecule has 0 saturated heterocycles. The maximum absolute atomic E-state index is 12.6. The van der Waals surface area contributed by atoms with Crippen molar-refractivity contribution in [3.8, 4) is 5.75 Å². The van der Waals surface area contributed by atoms with Crippen molar-refractivity contribution in [1.29, 1.82) is 0 Å². The quantitative estimate of drug-likeness (QED) is 0.548. The minimum Gasteiger partial charge on any atom is -0.494 e. The predicted octanol–water partition coefficient (Wildman–Crippen LogP) is 3.73. The molecule has 0 aromatic heterocycles. The van der Waals surface area contributed by atoms with Gasteiger partial charge in [0.15, 0.2) is 0 Å². The van der Waals surface area contributed by atoms with Crippen molar-refractivity contribution in [1.82, 2.24) is 10.2 Å². The molecule has 0 saturated carbocycles. The first-order valence-electron chi connectivity index (χ1n) is 10.5. The van der Waals surface area contributed by atoms with Crippen LogP contribution in [-0.2, 0) is 10.0 Å². The van der Waals surface area contributed by atoms with Crippen LogP contribution in [-0.4, -0.2) is 51.0 Å². The molecule has 0 radical (unpaired) electrons. The number of benzene rings is 2. The Morgan fingerprint density at radius 3 is 2.06 bits per heavy atom. The molecule has 0 heterocycles. The van der Waals surface area contributed by atoms with Gasteiger partial charge in [-0.1, -0.05) is 0 Å². The van der Waals surface area contributed by atoms with Gasteiger partial charge in [-0.05, 0) is 83.1 Å². The summed E-state index contributed by atoms with van der Waals surface area (Å²) in [5.74, 6) is 0.446. The summed E-state index contributed by atoms with van der Waals surface area (Å²) in [4.78, 5) is 14.8. The van der Waals surface area contributed by atoms with Gasteiger partial charge in [-0.15, -0.1) is 0 Å². The van der Waals surface area contributed by atoms with E-state index in [1.807, 2.05) is 6.92 Å². The summed E-state index contributed by atoms with van der Waals surface area (Å²) in [6.07, 6.45) is 0. The molecule has 2 rings (SSSR count). The summed E-state index contributed by atoms with van der Waals surface area (Å²) in [5.41, 5.74) is 0.853. The predicted molar refractivity (Wildman–Crippen MR) is 124 cm³/mol. The van der Waals surface area contributed by atoms with Crippen molar-refractivity contribution in [3.05, 3.63) is 54.1 Å². The average molecular weight is 448 g/mol. The minimum absolute atomic E-state index is 0.0868. The molecule has 0 aliphatic heterocycles. The van der Waals surface area contributed by atoms with Gasteiger partial charge in [-0.3, -0.25) is 14.4 Å². The number of carbonyl (C=O) groups excluding carboxylic acids is 1. The van der Waals surface area contributed by atoms with Crippen molar-refractivity contribution < 1.29 is 17.9 Å². The fourth-order valence-electron chi connectivity index (χ4n) is 3.30. The third-order valence-electron chi connectivity index (χ3n) is 4.83. The van der Waals surface area contributed by atoms with Crippen LogP contribution in [0.25, 0.3) is 0 Å². The van der Waals surface area contributed by atoms with E-state index in [-0.39, 0.29) is 10.8 Å². The number of nitrogens with zero attached hydrogens (tertiary/aromatic N) is 1. The summed E-state index contributed by atoms with van der Waals surface area (Å²) < 4.78 is 33.1. The number of carbonyl (C=O) groups is 1. The van der Waals surface area contributed by atoms with Gasteiger partial charge in [0.2, 0.25) is 0 Å². The molecule has 170 valence electrons. The lowest BCUT2D eigenvalue weighted by Gasteiger charge is -2.30. The van der Waals surface area contributed by atoms with Crippen LogP contribution in [0.1, 0.15) is 45.0 Å². The Kier molecular flexibility index (Phi) is 8.88. The Morgan fingerprint density at radius 1 is 0.968 bits per heavy atom. The molecular formula is C23H33N3O4S. The Balaban J connectivity index is 1.97. The highest BCUT2D eigenvalue weighted by atomic mass is 32.2. The van der Waals surface area contributed by atoms with E-state index in [0.717, 1.165) is 6.54 Å². The molecule has 0 aliphatic carbocycles. The minimum atomic E-state index is -3.76.